The zero-order valence-corrected chi connectivity index (χ0v) is 12.0. The average molecular weight is 258 g/mol. The Balaban J connectivity index is 1.61. The van der Waals surface area contributed by atoms with Crippen LogP contribution in [0, 0.1) is 0 Å². The molecule has 0 spiro atoms. The number of thioether (sulfide) groups is 1. The summed E-state index contributed by atoms with van der Waals surface area (Å²) in [7, 11) is 0. The number of ether oxygens (including phenoxy) is 1. The van der Waals surface area contributed by atoms with Crippen molar-refractivity contribution in [2.24, 2.45) is 0 Å². The monoisotopic (exact) mass is 258 g/mol. The highest BCUT2D eigenvalue weighted by atomic mass is 32.2. The van der Waals surface area contributed by atoms with E-state index >= 15 is 0 Å². The standard InChI is InChI=1S/C13H26N2OS/c1-13(2)11-12(3-8-16-13)14-4-5-15-6-9-17-10-7-15/h12,14H,3-11H2,1-2H3. The second-order valence-electron chi connectivity index (χ2n) is 5.71. The smallest absolute Gasteiger partial charge is 0.0641 e. The van der Waals surface area contributed by atoms with Crippen molar-refractivity contribution in [1.29, 1.82) is 0 Å². The zero-order valence-electron chi connectivity index (χ0n) is 11.2. The summed E-state index contributed by atoms with van der Waals surface area (Å²) < 4.78 is 5.74. The van der Waals surface area contributed by atoms with E-state index in [4.69, 9.17) is 4.74 Å². The van der Waals surface area contributed by atoms with Crippen molar-refractivity contribution < 1.29 is 4.74 Å². The predicted octanol–water partition coefficient (Wildman–Crippen LogP) is 1.58. The lowest BCUT2D eigenvalue weighted by Gasteiger charge is -2.36. The highest BCUT2D eigenvalue weighted by Crippen LogP contribution is 2.23. The van der Waals surface area contributed by atoms with Gasteiger partial charge < -0.3 is 15.0 Å². The summed E-state index contributed by atoms with van der Waals surface area (Å²) in [6.07, 6.45) is 2.31. The van der Waals surface area contributed by atoms with Gasteiger partial charge in [0.25, 0.3) is 0 Å². The van der Waals surface area contributed by atoms with Crippen molar-refractivity contribution in [3.8, 4) is 0 Å². The Kier molecular flexibility index (Phi) is 5.15. The van der Waals surface area contributed by atoms with Crippen molar-refractivity contribution in [2.75, 3.05) is 44.3 Å². The zero-order chi connectivity index (χ0) is 12.1. The summed E-state index contributed by atoms with van der Waals surface area (Å²) in [4.78, 5) is 2.58. The van der Waals surface area contributed by atoms with Crippen LogP contribution in [0.3, 0.4) is 0 Å². The van der Waals surface area contributed by atoms with Gasteiger partial charge in [-0.05, 0) is 26.7 Å². The molecule has 0 aromatic heterocycles. The van der Waals surface area contributed by atoms with E-state index < -0.39 is 0 Å². The van der Waals surface area contributed by atoms with Crippen LogP contribution in [0.1, 0.15) is 26.7 Å². The van der Waals surface area contributed by atoms with Crippen LogP contribution in [0.2, 0.25) is 0 Å². The fourth-order valence-electron chi connectivity index (χ4n) is 2.66. The lowest BCUT2D eigenvalue weighted by molar-refractivity contribution is -0.0629. The van der Waals surface area contributed by atoms with Gasteiger partial charge in [0.1, 0.15) is 0 Å². The van der Waals surface area contributed by atoms with Crippen LogP contribution in [-0.2, 0) is 4.74 Å². The van der Waals surface area contributed by atoms with Gasteiger partial charge in [0.2, 0.25) is 0 Å². The van der Waals surface area contributed by atoms with Gasteiger partial charge in [0, 0.05) is 50.3 Å². The summed E-state index contributed by atoms with van der Waals surface area (Å²) in [5, 5.41) is 3.70. The molecule has 4 heteroatoms. The molecule has 0 radical (unpaired) electrons. The maximum absolute atomic E-state index is 5.74. The Labute approximate surface area is 110 Å². The van der Waals surface area contributed by atoms with Crippen LogP contribution < -0.4 is 5.32 Å². The van der Waals surface area contributed by atoms with Gasteiger partial charge in [-0.1, -0.05) is 0 Å². The van der Waals surface area contributed by atoms with E-state index in [1.807, 2.05) is 0 Å². The van der Waals surface area contributed by atoms with E-state index in [-0.39, 0.29) is 5.60 Å². The first-order valence-electron chi connectivity index (χ1n) is 6.83. The van der Waals surface area contributed by atoms with Gasteiger partial charge in [-0.25, -0.2) is 0 Å². The molecule has 0 saturated carbocycles. The Bertz CT molecular complexity index is 229. The molecule has 2 saturated heterocycles. The van der Waals surface area contributed by atoms with Crippen molar-refractivity contribution in [1.82, 2.24) is 10.2 Å². The van der Waals surface area contributed by atoms with Gasteiger partial charge >= 0.3 is 0 Å². The van der Waals surface area contributed by atoms with Crippen molar-refractivity contribution in [3.05, 3.63) is 0 Å². The van der Waals surface area contributed by atoms with Gasteiger partial charge in [-0.3, -0.25) is 0 Å². The Morgan fingerprint density at radius 3 is 2.82 bits per heavy atom. The first-order valence-corrected chi connectivity index (χ1v) is 7.99. The summed E-state index contributed by atoms with van der Waals surface area (Å²) in [6.45, 7) is 10.2. The molecule has 17 heavy (non-hydrogen) atoms. The summed E-state index contributed by atoms with van der Waals surface area (Å²) in [5.41, 5.74) is 0.0671. The summed E-state index contributed by atoms with van der Waals surface area (Å²) in [6, 6.07) is 0.651. The van der Waals surface area contributed by atoms with E-state index in [9.17, 15) is 0 Å². The van der Waals surface area contributed by atoms with Gasteiger partial charge in [0.15, 0.2) is 0 Å². The molecule has 1 atom stereocenters. The van der Waals surface area contributed by atoms with E-state index in [0.29, 0.717) is 6.04 Å². The first kappa shape index (κ1) is 13.7. The third-order valence-corrected chi connectivity index (χ3v) is 4.60. The topological polar surface area (TPSA) is 24.5 Å². The second kappa shape index (κ2) is 6.41. The molecule has 2 heterocycles. The van der Waals surface area contributed by atoms with E-state index in [0.717, 1.165) is 19.6 Å². The molecule has 100 valence electrons. The molecule has 0 aromatic carbocycles. The quantitative estimate of drug-likeness (QED) is 0.827. The van der Waals surface area contributed by atoms with Crippen LogP contribution in [0.15, 0.2) is 0 Å². The van der Waals surface area contributed by atoms with Crippen molar-refractivity contribution >= 4 is 11.8 Å². The number of hydrogen-bond donors (Lipinski definition) is 1. The second-order valence-corrected chi connectivity index (χ2v) is 6.93. The first-order chi connectivity index (χ1) is 8.16. The predicted molar refractivity (Wildman–Crippen MR) is 74.8 cm³/mol. The molecule has 2 aliphatic heterocycles. The van der Waals surface area contributed by atoms with Crippen LogP contribution in [0.25, 0.3) is 0 Å². The lowest BCUT2D eigenvalue weighted by Crippen LogP contribution is -2.46. The molecule has 0 amide bonds. The number of nitrogens with one attached hydrogen (secondary N) is 1. The van der Waals surface area contributed by atoms with Crippen molar-refractivity contribution in [3.63, 3.8) is 0 Å². The minimum atomic E-state index is 0.0671. The van der Waals surface area contributed by atoms with Gasteiger partial charge in [-0.15, -0.1) is 0 Å². The van der Waals surface area contributed by atoms with Crippen LogP contribution >= 0.6 is 11.8 Å². The molecule has 1 unspecified atom stereocenters. The molecule has 1 N–H and O–H groups in total. The van der Waals surface area contributed by atoms with Gasteiger partial charge in [-0.2, -0.15) is 11.8 Å². The maximum atomic E-state index is 5.74. The number of nitrogens with zero attached hydrogens (tertiary/aromatic N) is 1. The molecule has 2 fully saturated rings. The molecular formula is C13H26N2OS. The lowest BCUT2D eigenvalue weighted by atomic mass is 9.94. The van der Waals surface area contributed by atoms with Gasteiger partial charge in [0.05, 0.1) is 5.60 Å². The number of rotatable bonds is 4. The Morgan fingerprint density at radius 2 is 2.12 bits per heavy atom. The van der Waals surface area contributed by atoms with E-state index in [1.54, 1.807) is 0 Å². The minimum absolute atomic E-state index is 0.0671. The largest absolute Gasteiger partial charge is 0.375 e. The minimum Gasteiger partial charge on any atom is -0.375 e. The molecular weight excluding hydrogens is 232 g/mol. The third-order valence-electron chi connectivity index (χ3n) is 3.66. The van der Waals surface area contributed by atoms with Crippen LogP contribution in [0.5, 0.6) is 0 Å². The normalized spacial score (nSPS) is 30.4. The molecule has 2 aliphatic rings. The Hall–Kier alpha value is 0.230. The summed E-state index contributed by atoms with van der Waals surface area (Å²) >= 11 is 2.08. The van der Waals surface area contributed by atoms with E-state index in [1.165, 1.54) is 37.6 Å². The highest BCUT2D eigenvalue weighted by molar-refractivity contribution is 7.99. The molecule has 0 aromatic rings. The number of hydrogen-bond acceptors (Lipinski definition) is 4. The highest BCUT2D eigenvalue weighted by Gasteiger charge is 2.28. The summed E-state index contributed by atoms with van der Waals surface area (Å²) in [5.74, 6) is 2.62. The van der Waals surface area contributed by atoms with Crippen LogP contribution in [0.4, 0.5) is 0 Å². The van der Waals surface area contributed by atoms with E-state index in [2.05, 4.69) is 35.8 Å². The Morgan fingerprint density at radius 1 is 1.35 bits per heavy atom. The molecule has 0 aliphatic carbocycles. The van der Waals surface area contributed by atoms with Crippen molar-refractivity contribution in [2.45, 2.75) is 38.3 Å². The average Bonchev–Trinajstić information content (AvgIpc) is 2.29. The fraction of sp³-hybridized carbons (Fsp3) is 1.00. The molecule has 3 nitrogen and oxygen atoms in total. The SMILES string of the molecule is CC1(C)CC(NCCN2CCSCC2)CCO1. The third kappa shape index (κ3) is 4.78. The van der Waals surface area contributed by atoms with Crippen LogP contribution in [-0.4, -0.2) is 60.8 Å². The fourth-order valence-corrected chi connectivity index (χ4v) is 3.64. The molecule has 2 rings (SSSR count). The molecule has 0 bridgehead atoms. The maximum Gasteiger partial charge on any atom is 0.0641 e.